The molecule has 0 unspecified atom stereocenters. The normalized spacial score (nSPS) is 10.5. The summed E-state index contributed by atoms with van der Waals surface area (Å²) in [6.07, 6.45) is 0.434. The van der Waals surface area contributed by atoms with Crippen LogP contribution in [0.15, 0.2) is 12.1 Å². The van der Waals surface area contributed by atoms with E-state index in [1.807, 2.05) is 6.92 Å². The van der Waals surface area contributed by atoms with Crippen molar-refractivity contribution in [2.75, 3.05) is 20.7 Å². The molecule has 0 fully saturated rings. The van der Waals surface area contributed by atoms with Gasteiger partial charge in [-0.25, -0.2) is 14.3 Å². The number of methoxy groups -OCH3 is 1. The van der Waals surface area contributed by atoms with Crippen molar-refractivity contribution in [3.8, 4) is 11.4 Å². The summed E-state index contributed by atoms with van der Waals surface area (Å²) in [4.78, 5) is 29.6. The Hall–Kier alpha value is -2.97. The Kier molecular flexibility index (Phi) is 6.26. The van der Waals surface area contributed by atoms with Crippen LogP contribution in [0.4, 0.5) is 4.79 Å². The van der Waals surface area contributed by atoms with Crippen LogP contribution in [0.5, 0.6) is 0 Å². The van der Waals surface area contributed by atoms with Crippen molar-refractivity contribution in [1.29, 1.82) is 0 Å². The highest BCUT2D eigenvalue weighted by molar-refractivity contribution is 5.90. The lowest BCUT2D eigenvalue weighted by atomic mass is 10.1. The fourth-order valence-corrected chi connectivity index (χ4v) is 2.42. The van der Waals surface area contributed by atoms with Crippen LogP contribution in [-0.2, 0) is 23.1 Å². The van der Waals surface area contributed by atoms with Crippen LogP contribution in [0, 0.1) is 6.92 Å². The monoisotopic (exact) mass is 361 g/mol. The van der Waals surface area contributed by atoms with Gasteiger partial charge in [-0.1, -0.05) is 12.1 Å². The Bertz CT molecular complexity index is 802. The molecule has 2 aromatic heterocycles. The number of amides is 1. The van der Waals surface area contributed by atoms with E-state index in [0.717, 1.165) is 6.42 Å². The molecule has 2 heterocycles. The Morgan fingerprint density at radius 2 is 2.04 bits per heavy atom. The molecule has 1 amide bonds. The van der Waals surface area contributed by atoms with E-state index in [2.05, 4.69) is 15.3 Å². The number of pyridine rings is 1. The molecule has 0 N–H and O–H groups in total. The van der Waals surface area contributed by atoms with Crippen LogP contribution in [-0.4, -0.2) is 57.6 Å². The van der Waals surface area contributed by atoms with Gasteiger partial charge in [0.2, 0.25) is 0 Å². The minimum absolute atomic E-state index is 0.0190. The van der Waals surface area contributed by atoms with Gasteiger partial charge in [-0.3, -0.25) is 4.98 Å². The fourth-order valence-electron chi connectivity index (χ4n) is 2.42. The van der Waals surface area contributed by atoms with Gasteiger partial charge in [-0.2, -0.15) is 0 Å². The third-order valence-corrected chi connectivity index (χ3v) is 3.88. The first-order chi connectivity index (χ1) is 12.4. The van der Waals surface area contributed by atoms with Gasteiger partial charge in [0.15, 0.2) is 0 Å². The maximum Gasteiger partial charge on any atom is 0.409 e. The van der Waals surface area contributed by atoms with Crippen molar-refractivity contribution in [3.63, 3.8) is 0 Å². The number of aromatic nitrogens is 4. The lowest BCUT2D eigenvalue weighted by Crippen LogP contribution is -2.28. The average Bonchev–Trinajstić information content (AvgIpc) is 2.99. The van der Waals surface area contributed by atoms with Gasteiger partial charge in [0.1, 0.15) is 18.0 Å². The van der Waals surface area contributed by atoms with Gasteiger partial charge in [0, 0.05) is 20.6 Å². The number of esters is 1. The molecule has 0 aromatic carbocycles. The van der Waals surface area contributed by atoms with Crippen LogP contribution in [0.25, 0.3) is 11.4 Å². The highest BCUT2D eigenvalue weighted by Gasteiger charge is 2.19. The third kappa shape index (κ3) is 4.16. The molecular formula is C17H23N5O4. The van der Waals surface area contributed by atoms with Crippen molar-refractivity contribution < 1.29 is 19.1 Å². The predicted octanol–water partition coefficient (Wildman–Crippen LogP) is 1.95. The van der Waals surface area contributed by atoms with Crippen LogP contribution in [0.3, 0.4) is 0 Å². The Morgan fingerprint density at radius 1 is 1.31 bits per heavy atom. The molecule has 0 atom stereocenters. The molecule has 26 heavy (non-hydrogen) atoms. The highest BCUT2D eigenvalue weighted by Crippen LogP contribution is 2.21. The Balaban J connectivity index is 2.23. The molecule has 2 aromatic rings. The Labute approximate surface area is 151 Å². The van der Waals surface area contributed by atoms with Gasteiger partial charge in [0.05, 0.1) is 24.1 Å². The maximum atomic E-state index is 12.0. The van der Waals surface area contributed by atoms with Crippen LogP contribution >= 0.6 is 0 Å². The van der Waals surface area contributed by atoms with E-state index in [0.29, 0.717) is 34.9 Å². The summed E-state index contributed by atoms with van der Waals surface area (Å²) < 4.78 is 11.6. The molecule has 0 spiro atoms. The summed E-state index contributed by atoms with van der Waals surface area (Å²) in [5.74, 6) is -0.450. The van der Waals surface area contributed by atoms with E-state index in [1.54, 1.807) is 33.2 Å². The topological polar surface area (TPSA) is 99.4 Å². The molecule has 2 rings (SSSR count). The molecule has 0 radical (unpaired) electrons. The molecule has 140 valence electrons. The quantitative estimate of drug-likeness (QED) is 0.725. The van der Waals surface area contributed by atoms with E-state index in [4.69, 9.17) is 9.47 Å². The summed E-state index contributed by atoms with van der Waals surface area (Å²) in [6.45, 7) is 4.33. The molecule has 0 aliphatic heterocycles. The number of nitrogens with zero attached hydrogens (tertiary/aromatic N) is 5. The first-order valence-electron chi connectivity index (χ1n) is 8.21. The number of ether oxygens (including phenoxy) is 2. The molecule has 9 nitrogen and oxygen atoms in total. The predicted molar refractivity (Wildman–Crippen MR) is 93.4 cm³/mol. The minimum atomic E-state index is -0.450. The van der Waals surface area contributed by atoms with Crippen molar-refractivity contribution in [2.45, 2.75) is 26.9 Å². The smallest absolute Gasteiger partial charge is 0.409 e. The zero-order valence-corrected chi connectivity index (χ0v) is 15.6. The second-order valence-corrected chi connectivity index (χ2v) is 5.81. The molecule has 0 aliphatic rings. The van der Waals surface area contributed by atoms with E-state index in [-0.39, 0.29) is 6.61 Å². The van der Waals surface area contributed by atoms with E-state index in [1.165, 1.54) is 16.7 Å². The number of hydrogen-bond donors (Lipinski definition) is 0. The van der Waals surface area contributed by atoms with Gasteiger partial charge in [-0.15, -0.1) is 5.10 Å². The van der Waals surface area contributed by atoms with Gasteiger partial charge >= 0.3 is 12.1 Å². The summed E-state index contributed by atoms with van der Waals surface area (Å²) in [6, 6.07) is 3.29. The van der Waals surface area contributed by atoms with Crippen LogP contribution in [0.1, 0.15) is 35.1 Å². The second-order valence-electron chi connectivity index (χ2n) is 5.81. The number of carbonyl (C=O) groups excluding carboxylic acids is 2. The van der Waals surface area contributed by atoms with Crippen LogP contribution in [0.2, 0.25) is 0 Å². The highest BCUT2D eigenvalue weighted by atomic mass is 16.6. The molecule has 0 saturated heterocycles. The largest absolute Gasteiger partial charge is 0.465 e. The van der Waals surface area contributed by atoms with E-state index in [9.17, 15) is 9.59 Å². The first kappa shape index (κ1) is 19.4. The van der Waals surface area contributed by atoms with Gasteiger partial charge in [-0.05, 0) is 25.5 Å². The van der Waals surface area contributed by atoms with E-state index < -0.39 is 12.1 Å². The SMILES string of the molecule is CCCN(C)C(=O)OCc1c(-c2ccc(C(=O)OC)c(C)n2)nnn1C. The Morgan fingerprint density at radius 3 is 2.65 bits per heavy atom. The first-order valence-corrected chi connectivity index (χ1v) is 8.21. The van der Waals surface area contributed by atoms with Gasteiger partial charge in [0.25, 0.3) is 0 Å². The zero-order chi connectivity index (χ0) is 19.3. The molecule has 0 saturated carbocycles. The summed E-state index contributed by atoms with van der Waals surface area (Å²) in [5.41, 5.74) is 2.55. The zero-order valence-electron chi connectivity index (χ0n) is 15.6. The maximum absolute atomic E-state index is 12.0. The standard InChI is InChI=1S/C17H23N5O4/c1-6-9-21(3)17(24)26-10-14-15(19-20-22(14)4)13-8-7-12(11(2)18-13)16(23)25-5/h7-8H,6,9-10H2,1-5H3. The summed E-state index contributed by atoms with van der Waals surface area (Å²) in [7, 11) is 4.72. The van der Waals surface area contributed by atoms with Crippen LogP contribution < -0.4 is 0 Å². The van der Waals surface area contributed by atoms with Crippen molar-refractivity contribution in [1.82, 2.24) is 24.9 Å². The minimum Gasteiger partial charge on any atom is -0.465 e. The van der Waals surface area contributed by atoms with Crippen molar-refractivity contribution in [2.24, 2.45) is 7.05 Å². The molecule has 9 heteroatoms. The summed E-state index contributed by atoms with van der Waals surface area (Å²) in [5, 5.41) is 8.10. The number of hydrogen-bond acceptors (Lipinski definition) is 7. The lowest BCUT2D eigenvalue weighted by Gasteiger charge is -2.16. The average molecular weight is 361 g/mol. The molecule has 0 bridgehead atoms. The number of aryl methyl sites for hydroxylation is 2. The number of carbonyl (C=O) groups is 2. The van der Waals surface area contributed by atoms with Crippen molar-refractivity contribution >= 4 is 12.1 Å². The van der Waals surface area contributed by atoms with E-state index >= 15 is 0 Å². The fraction of sp³-hybridized carbons (Fsp3) is 0.471. The lowest BCUT2D eigenvalue weighted by molar-refractivity contribution is 0.0599. The second kappa shape index (κ2) is 8.41. The third-order valence-electron chi connectivity index (χ3n) is 3.88. The van der Waals surface area contributed by atoms with Gasteiger partial charge < -0.3 is 14.4 Å². The molecular weight excluding hydrogens is 338 g/mol. The van der Waals surface area contributed by atoms with Crippen molar-refractivity contribution in [3.05, 3.63) is 29.1 Å². The molecule has 0 aliphatic carbocycles. The number of rotatable bonds is 6. The summed E-state index contributed by atoms with van der Waals surface area (Å²) >= 11 is 0.